The molecule has 1 saturated heterocycles. The minimum atomic E-state index is -1.24. The summed E-state index contributed by atoms with van der Waals surface area (Å²) in [5.74, 6) is 0. The third kappa shape index (κ3) is 2.66. The van der Waals surface area contributed by atoms with Crippen molar-refractivity contribution in [2.45, 2.75) is 30.7 Å². The van der Waals surface area contributed by atoms with E-state index in [4.69, 9.17) is 18.9 Å². The SMILES string of the molecule is COC[C@@H](OC)[C@H]1O[C@H](O)[C@H](O)[C@H]1OC. The summed E-state index contributed by atoms with van der Waals surface area (Å²) in [6.45, 7) is 0.306. The Morgan fingerprint density at radius 1 is 1.27 bits per heavy atom. The molecule has 6 nitrogen and oxygen atoms in total. The molecule has 0 aromatic carbocycles. The molecule has 0 amide bonds. The molecular weight excluding hydrogens is 204 g/mol. The van der Waals surface area contributed by atoms with Crippen LogP contribution < -0.4 is 0 Å². The second kappa shape index (κ2) is 5.74. The Labute approximate surface area is 88.7 Å². The number of aliphatic hydroxyl groups excluding tert-OH is 2. The maximum absolute atomic E-state index is 9.54. The van der Waals surface area contributed by atoms with Gasteiger partial charge >= 0.3 is 0 Å². The average Bonchev–Trinajstić information content (AvgIpc) is 2.51. The summed E-state index contributed by atoms with van der Waals surface area (Å²) in [5.41, 5.74) is 0. The fourth-order valence-corrected chi connectivity index (χ4v) is 1.71. The Morgan fingerprint density at radius 3 is 2.40 bits per heavy atom. The molecule has 6 heteroatoms. The zero-order valence-corrected chi connectivity index (χ0v) is 9.12. The molecule has 15 heavy (non-hydrogen) atoms. The van der Waals surface area contributed by atoms with Crippen LogP contribution in [-0.2, 0) is 18.9 Å². The van der Waals surface area contributed by atoms with Crippen LogP contribution in [0.15, 0.2) is 0 Å². The summed E-state index contributed by atoms with van der Waals surface area (Å²) in [6.07, 6.45) is -3.83. The van der Waals surface area contributed by atoms with Gasteiger partial charge in [-0.2, -0.15) is 0 Å². The molecule has 0 spiro atoms. The zero-order chi connectivity index (χ0) is 11.4. The smallest absolute Gasteiger partial charge is 0.184 e. The molecule has 2 N–H and O–H groups in total. The minimum Gasteiger partial charge on any atom is -0.385 e. The van der Waals surface area contributed by atoms with Gasteiger partial charge in [-0.1, -0.05) is 0 Å². The van der Waals surface area contributed by atoms with E-state index in [1.54, 1.807) is 0 Å². The Morgan fingerprint density at radius 2 is 1.93 bits per heavy atom. The summed E-state index contributed by atoms with van der Waals surface area (Å²) >= 11 is 0. The van der Waals surface area contributed by atoms with Crippen molar-refractivity contribution in [1.29, 1.82) is 0 Å². The molecule has 0 aliphatic carbocycles. The molecule has 1 fully saturated rings. The van der Waals surface area contributed by atoms with Crippen LogP contribution in [0.25, 0.3) is 0 Å². The second-order valence-electron chi connectivity index (χ2n) is 3.41. The lowest BCUT2D eigenvalue weighted by molar-refractivity contribution is -0.157. The molecule has 1 aliphatic rings. The van der Waals surface area contributed by atoms with Crippen LogP contribution in [0.3, 0.4) is 0 Å². The van der Waals surface area contributed by atoms with Crippen molar-refractivity contribution < 1.29 is 29.2 Å². The van der Waals surface area contributed by atoms with Crippen LogP contribution >= 0.6 is 0 Å². The summed E-state index contributed by atoms with van der Waals surface area (Å²) in [6, 6.07) is 0. The van der Waals surface area contributed by atoms with Crippen molar-refractivity contribution in [2.75, 3.05) is 27.9 Å². The highest BCUT2D eigenvalue weighted by Crippen LogP contribution is 2.25. The van der Waals surface area contributed by atoms with Crippen molar-refractivity contribution in [1.82, 2.24) is 0 Å². The predicted molar refractivity (Wildman–Crippen MR) is 50.4 cm³/mol. The monoisotopic (exact) mass is 222 g/mol. The van der Waals surface area contributed by atoms with Gasteiger partial charge in [0, 0.05) is 21.3 Å². The Bertz CT molecular complexity index is 187. The van der Waals surface area contributed by atoms with E-state index in [2.05, 4.69) is 0 Å². The number of hydrogen-bond acceptors (Lipinski definition) is 6. The first-order chi connectivity index (χ1) is 7.15. The third-order valence-corrected chi connectivity index (χ3v) is 2.52. The van der Waals surface area contributed by atoms with E-state index in [1.807, 2.05) is 0 Å². The lowest BCUT2D eigenvalue weighted by atomic mass is 10.1. The van der Waals surface area contributed by atoms with Gasteiger partial charge in [-0.05, 0) is 0 Å². The van der Waals surface area contributed by atoms with Crippen molar-refractivity contribution in [3.8, 4) is 0 Å². The molecule has 1 heterocycles. The summed E-state index contributed by atoms with van der Waals surface area (Å²) in [7, 11) is 4.49. The Balaban J connectivity index is 2.66. The number of methoxy groups -OCH3 is 3. The van der Waals surface area contributed by atoms with Gasteiger partial charge in [-0.3, -0.25) is 0 Å². The number of aliphatic hydroxyl groups is 2. The van der Waals surface area contributed by atoms with E-state index in [-0.39, 0.29) is 6.10 Å². The van der Waals surface area contributed by atoms with Crippen molar-refractivity contribution in [3.63, 3.8) is 0 Å². The first-order valence-electron chi connectivity index (χ1n) is 4.71. The van der Waals surface area contributed by atoms with Gasteiger partial charge < -0.3 is 29.2 Å². The van der Waals surface area contributed by atoms with Gasteiger partial charge in [0.15, 0.2) is 6.29 Å². The second-order valence-corrected chi connectivity index (χ2v) is 3.41. The number of hydrogen-bond donors (Lipinski definition) is 2. The van der Waals surface area contributed by atoms with E-state index >= 15 is 0 Å². The van der Waals surface area contributed by atoms with Gasteiger partial charge in [0.2, 0.25) is 0 Å². The van der Waals surface area contributed by atoms with Gasteiger partial charge in [-0.15, -0.1) is 0 Å². The van der Waals surface area contributed by atoms with Gasteiger partial charge in [0.05, 0.1) is 6.61 Å². The topological polar surface area (TPSA) is 77.4 Å². The fourth-order valence-electron chi connectivity index (χ4n) is 1.71. The Hall–Kier alpha value is -0.240. The van der Waals surface area contributed by atoms with Crippen LogP contribution in [0.5, 0.6) is 0 Å². The molecule has 0 radical (unpaired) electrons. The van der Waals surface area contributed by atoms with Crippen LogP contribution in [0, 0.1) is 0 Å². The summed E-state index contributed by atoms with van der Waals surface area (Å²) in [5, 5.41) is 18.9. The molecule has 1 rings (SSSR count). The molecule has 5 atom stereocenters. The van der Waals surface area contributed by atoms with E-state index in [1.165, 1.54) is 21.3 Å². The van der Waals surface area contributed by atoms with Crippen molar-refractivity contribution >= 4 is 0 Å². The molecular formula is C9H18O6. The van der Waals surface area contributed by atoms with E-state index in [9.17, 15) is 10.2 Å². The largest absolute Gasteiger partial charge is 0.385 e. The molecule has 0 unspecified atom stereocenters. The molecule has 90 valence electrons. The molecule has 0 aromatic heterocycles. The van der Waals surface area contributed by atoms with Crippen molar-refractivity contribution in [2.24, 2.45) is 0 Å². The Kier molecular flexibility index (Phi) is 4.91. The lowest BCUT2D eigenvalue weighted by Gasteiger charge is -2.25. The first kappa shape index (κ1) is 12.8. The van der Waals surface area contributed by atoms with E-state index < -0.39 is 24.6 Å². The summed E-state index contributed by atoms with van der Waals surface area (Å²) < 4.78 is 20.3. The molecule has 0 bridgehead atoms. The maximum atomic E-state index is 9.54. The molecule has 0 aromatic rings. The molecule has 0 saturated carbocycles. The molecule has 1 aliphatic heterocycles. The number of ether oxygens (including phenoxy) is 4. The first-order valence-corrected chi connectivity index (χ1v) is 4.71. The quantitative estimate of drug-likeness (QED) is 0.604. The van der Waals surface area contributed by atoms with Gasteiger partial charge in [0.25, 0.3) is 0 Å². The van der Waals surface area contributed by atoms with Crippen LogP contribution in [-0.4, -0.2) is 68.9 Å². The van der Waals surface area contributed by atoms with Gasteiger partial charge in [0.1, 0.15) is 24.4 Å². The predicted octanol–water partition coefficient (Wildman–Crippen LogP) is -1.26. The highest BCUT2D eigenvalue weighted by molar-refractivity contribution is 4.91. The highest BCUT2D eigenvalue weighted by Gasteiger charge is 2.47. The minimum absolute atomic E-state index is 0.306. The highest BCUT2D eigenvalue weighted by atomic mass is 16.7. The average molecular weight is 222 g/mol. The zero-order valence-electron chi connectivity index (χ0n) is 9.12. The van der Waals surface area contributed by atoms with E-state index in [0.29, 0.717) is 6.61 Å². The van der Waals surface area contributed by atoms with Gasteiger partial charge in [-0.25, -0.2) is 0 Å². The van der Waals surface area contributed by atoms with Crippen LogP contribution in [0.2, 0.25) is 0 Å². The lowest BCUT2D eigenvalue weighted by Crippen LogP contribution is -2.43. The van der Waals surface area contributed by atoms with E-state index in [0.717, 1.165) is 0 Å². The number of rotatable bonds is 5. The fraction of sp³-hybridized carbons (Fsp3) is 1.00. The van der Waals surface area contributed by atoms with Crippen molar-refractivity contribution in [3.05, 3.63) is 0 Å². The van der Waals surface area contributed by atoms with Crippen LogP contribution in [0.1, 0.15) is 0 Å². The summed E-state index contributed by atoms with van der Waals surface area (Å²) in [4.78, 5) is 0. The standard InChI is InChI=1S/C9H18O6/c1-12-4-5(13-2)7-8(14-3)6(10)9(11)15-7/h5-11H,4H2,1-3H3/t5-,6-,7-,8-,9+/m1/s1. The van der Waals surface area contributed by atoms with Crippen LogP contribution in [0.4, 0.5) is 0 Å². The normalized spacial score (nSPS) is 38.2. The maximum Gasteiger partial charge on any atom is 0.184 e. The third-order valence-electron chi connectivity index (χ3n) is 2.52.